The van der Waals surface area contributed by atoms with Crippen molar-refractivity contribution in [3.8, 4) is 0 Å². The second-order valence-corrected chi connectivity index (χ2v) is 7.08. The van der Waals surface area contributed by atoms with Crippen LogP contribution >= 0.6 is 35.0 Å². The molecule has 0 aliphatic heterocycles. The van der Waals surface area contributed by atoms with E-state index in [-0.39, 0.29) is 17.6 Å². The van der Waals surface area contributed by atoms with Crippen LogP contribution in [0.15, 0.2) is 47.4 Å². The average molecular weight is 383 g/mol. The van der Waals surface area contributed by atoms with E-state index in [0.29, 0.717) is 21.3 Å². The molecule has 0 atom stereocenters. The summed E-state index contributed by atoms with van der Waals surface area (Å²) in [4.78, 5) is 26.5. The molecule has 2 aromatic carbocycles. The molecule has 126 valence electrons. The Morgan fingerprint density at radius 2 is 1.75 bits per heavy atom. The SMILES string of the molecule is CN(C)C(=O)c1ccc(Cl)c(NC(=O)CSc2ccc(Cl)cc2)c1. The Kier molecular flexibility index (Phi) is 6.54. The van der Waals surface area contributed by atoms with Gasteiger partial charge in [0.25, 0.3) is 5.91 Å². The lowest BCUT2D eigenvalue weighted by Gasteiger charge is -2.13. The fourth-order valence-corrected chi connectivity index (χ4v) is 2.87. The maximum atomic E-state index is 12.1. The van der Waals surface area contributed by atoms with Crippen LogP contribution < -0.4 is 5.32 Å². The molecule has 0 unspecified atom stereocenters. The number of nitrogens with zero attached hydrogens (tertiary/aromatic N) is 1. The molecule has 0 saturated carbocycles. The molecular weight excluding hydrogens is 367 g/mol. The fourth-order valence-electron chi connectivity index (χ4n) is 1.88. The molecule has 4 nitrogen and oxygen atoms in total. The molecule has 0 radical (unpaired) electrons. The van der Waals surface area contributed by atoms with Gasteiger partial charge in [-0.1, -0.05) is 23.2 Å². The summed E-state index contributed by atoms with van der Waals surface area (Å²) in [6, 6.07) is 12.1. The minimum atomic E-state index is -0.202. The van der Waals surface area contributed by atoms with Gasteiger partial charge in [-0.15, -0.1) is 11.8 Å². The predicted molar refractivity (Wildman–Crippen MR) is 100 cm³/mol. The van der Waals surface area contributed by atoms with Gasteiger partial charge in [-0.05, 0) is 42.5 Å². The molecule has 0 aromatic heterocycles. The molecule has 0 spiro atoms. The highest BCUT2D eigenvalue weighted by atomic mass is 35.5. The number of hydrogen-bond donors (Lipinski definition) is 1. The summed E-state index contributed by atoms with van der Waals surface area (Å²) in [5, 5.41) is 3.77. The van der Waals surface area contributed by atoms with Gasteiger partial charge in [-0.3, -0.25) is 9.59 Å². The van der Waals surface area contributed by atoms with Gasteiger partial charge >= 0.3 is 0 Å². The molecule has 24 heavy (non-hydrogen) atoms. The number of halogens is 2. The standard InChI is InChI=1S/C17H16Cl2N2O2S/c1-21(2)17(23)11-3-8-14(19)15(9-11)20-16(22)10-24-13-6-4-12(18)5-7-13/h3-9H,10H2,1-2H3,(H,20,22). The van der Waals surface area contributed by atoms with Crippen molar-refractivity contribution in [3.63, 3.8) is 0 Å². The van der Waals surface area contributed by atoms with Gasteiger partial charge < -0.3 is 10.2 Å². The van der Waals surface area contributed by atoms with Gasteiger partial charge in [0.15, 0.2) is 0 Å². The second-order valence-electron chi connectivity index (χ2n) is 5.18. The maximum absolute atomic E-state index is 12.1. The topological polar surface area (TPSA) is 49.4 Å². The maximum Gasteiger partial charge on any atom is 0.253 e. The summed E-state index contributed by atoms with van der Waals surface area (Å²) < 4.78 is 0. The van der Waals surface area contributed by atoms with Crippen LogP contribution in [0.5, 0.6) is 0 Å². The molecule has 0 saturated heterocycles. The highest BCUT2D eigenvalue weighted by Crippen LogP contribution is 2.25. The number of carbonyl (C=O) groups excluding carboxylic acids is 2. The first-order valence-electron chi connectivity index (χ1n) is 7.06. The zero-order chi connectivity index (χ0) is 17.7. The molecule has 2 aromatic rings. The van der Waals surface area contributed by atoms with Crippen molar-refractivity contribution in [1.29, 1.82) is 0 Å². The van der Waals surface area contributed by atoms with Crippen LogP contribution in [0.1, 0.15) is 10.4 Å². The summed E-state index contributed by atoms with van der Waals surface area (Å²) in [6.45, 7) is 0. The van der Waals surface area contributed by atoms with Gasteiger partial charge in [0.2, 0.25) is 5.91 Å². The Balaban J connectivity index is 2.01. The lowest BCUT2D eigenvalue weighted by Crippen LogP contribution is -2.22. The Bertz CT molecular complexity index is 749. The highest BCUT2D eigenvalue weighted by molar-refractivity contribution is 8.00. The lowest BCUT2D eigenvalue weighted by molar-refractivity contribution is -0.113. The zero-order valence-electron chi connectivity index (χ0n) is 13.2. The fraction of sp³-hybridized carbons (Fsp3) is 0.176. The third kappa shape index (κ3) is 5.16. The van der Waals surface area contributed by atoms with E-state index in [1.165, 1.54) is 16.7 Å². The lowest BCUT2D eigenvalue weighted by atomic mass is 10.2. The van der Waals surface area contributed by atoms with Crippen molar-refractivity contribution in [3.05, 3.63) is 58.1 Å². The first-order chi connectivity index (χ1) is 11.4. The summed E-state index contributed by atoms with van der Waals surface area (Å²) in [6.07, 6.45) is 0. The Labute approximate surface area is 155 Å². The summed E-state index contributed by atoms with van der Waals surface area (Å²) in [5.41, 5.74) is 0.885. The summed E-state index contributed by atoms with van der Waals surface area (Å²) >= 11 is 13.3. The average Bonchev–Trinajstić information content (AvgIpc) is 2.55. The van der Waals surface area contributed by atoms with Crippen LogP contribution in [0.25, 0.3) is 0 Å². The smallest absolute Gasteiger partial charge is 0.253 e. The first-order valence-corrected chi connectivity index (χ1v) is 8.80. The monoisotopic (exact) mass is 382 g/mol. The van der Waals surface area contributed by atoms with E-state index in [0.717, 1.165) is 4.90 Å². The molecule has 2 rings (SSSR count). The molecule has 0 fully saturated rings. The normalized spacial score (nSPS) is 10.3. The number of nitrogens with one attached hydrogen (secondary N) is 1. The number of rotatable bonds is 5. The van der Waals surface area contributed by atoms with E-state index in [4.69, 9.17) is 23.2 Å². The minimum Gasteiger partial charge on any atom is -0.345 e. The van der Waals surface area contributed by atoms with Crippen molar-refractivity contribution < 1.29 is 9.59 Å². The largest absolute Gasteiger partial charge is 0.345 e. The molecule has 2 amide bonds. The molecule has 0 bridgehead atoms. The number of anilines is 1. The van der Waals surface area contributed by atoms with Crippen LogP contribution in [-0.2, 0) is 4.79 Å². The van der Waals surface area contributed by atoms with Crippen molar-refractivity contribution >= 4 is 52.5 Å². The predicted octanol–water partition coefficient (Wildman–Crippen LogP) is 4.43. The van der Waals surface area contributed by atoms with E-state index in [1.807, 2.05) is 12.1 Å². The Morgan fingerprint density at radius 1 is 1.08 bits per heavy atom. The van der Waals surface area contributed by atoms with Crippen LogP contribution in [0, 0.1) is 0 Å². The highest BCUT2D eigenvalue weighted by Gasteiger charge is 2.12. The van der Waals surface area contributed by atoms with Crippen molar-refractivity contribution in [1.82, 2.24) is 4.90 Å². The van der Waals surface area contributed by atoms with Gasteiger partial charge in [0, 0.05) is 29.6 Å². The summed E-state index contributed by atoms with van der Waals surface area (Å²) in [7, 11) is 3.33. The van der Waals surface area contributed by atoms with E-state index < -0.39 is 0 Å². The van der Waals surface area contributed by atoms with E-state index in [1.54, 1.807) is 44.4 Å². The number of benzene rings is 2. The summed E-state index contributed by atoms with van der Waals surface area (Å²) in [5.74, 6) is -0.131. The Hall–Kier alpha value is -1.69. The van der Waals surface area contributed by atoms with Gasteiger partial charge in [0.1, 0.15) is 0 Å². The third-order valence-electron chi connectivity index (χ3n) is 3.08. The third-order valence-corrected chi connectivity index (χ3v) is 4.67. The van der Waals surface area contributed by atoms with Crippen molar-refractivity contribution in [2.24, 2.45) is 0 Å². The quantitative estimate of drug-likeness (QED) is 0.778. The van der Waals surface area contributed by atoms with Crippen LogP contribution in [0.2, 0.25) is 10.0 Å². The number of thioether (sulfide) groups is 1. The van der Waals surface area contributed by atoms with Gasteiger partial charge in [-0.2, -0.15) is 0 Å². The van der Waals surface area contributed by atoms with Crippen LogP contribution in [0.4, 0.5) is 5.69 Å². The van der Waals surface area contributed by atoms with E-state index in [2.05, 4.69) is 5.32 Å². The van der Waals surface area contributed by atoms with Gasteiger partial charge in [0.05, 0.1) is 16.5 Å². The van der Waals surface area contributed by atoms with E-state index >= 15 is 0 Å². The van der Waals surface area contributed by atoms with Crippen LogP contribution in [0.3, 0.4) is 0 Å². The van der Waals surface area contributed by atoms with Crippen molar-refractivity contribution in [2.75, 3.05) is 25.2 Å². The molecule has 0 heterocycles. The van der Waals surface area contributed by atoms with Crippen LogP contribution in [-0.4, -0.2) is 36.6 Å². The number of hydrogen-bond acceptors (Lipinski definition) is 3. The molecule has 0 aliphatic rings. The minimum absolute atomic E-state index is 0.155. The molecule has 7 heteroatoms. The zero-order valence-corrected chi connectivity index (χ0v) is 15.5. The molecular formula is C17H16Cl2N2O2S. The Morgan fingerprint density at radius 3 is 2.38 bits per heavy atom. The number of amides is 2. The molecule has 0 aliphatic carbocycles. The van der Waals surface area contributed by atoms with Gasteiger partial charge in [-0.25, -0.2) is 0 Å². The molecule has 1 N–H and O–H groups in total. The first kappa shape index (κ1) is 18.6. The van der Waals surface area contributed by atoms with E-state index in [9.17, 15) is 9.59 Å². The van der Waals surface area contributed by atoms with Crippen molar-refractivity contribution in [2.45, 2.75) is 4.90 Å². The second kappa shape index (κ2) is 8.42. The number of carbonyl (C=O) groups is 2.